The maximum atomic E-state index is 11.7. The van der Waals surface area contributed by atoms with Crippen LogP contribution in [0.25, 0.3) is 10.8 Å². The van der Waals surface area contributed by atoms with E-state index in [0.717, 1.165) is 36.1 Å². The fourth-order valence-corrected chi connectivity index (χ4v) is 7.60. The van der Waals surface area contributed by atoms with Crippen molar-refractivity contribution in [2.45, 2.75) is 31.4 Å². The van der Waals surface area contributed by atoms with Crippen molar-refractivity contribution in [2.24, 2.45) is 17.8 Å². The first-order valence-corrected chi connectivity index (χ1v) is 14.6. The third-order valence-corrected chi connectivity index (χ3v) is 9.49. The molecule has 2 bridgehead atoms. The first-order chi connectivity index (χ1) is 17.1. The molecule has 5 heterocycles. The van der Waals surface area contributed by atoms with E-state index >= 15 is 0 Å². The lowest BCUT2D eigenvalue weighted by Gasteiger charge is -2.41. The van der Waals surface area contributed by atoms with Gasteiger partial charge in [-0.15, -0.1) is 0 Å². The van der Waals surface area contributed by atoms with Gasteiger partial charge < -0.3 is 20.2 Å². The van der Waals surface area contributed by atoms with Gasteiger partial charge in [-0.25, -0.2) is 18.4 Å². The molecule has 3 saturated heterocycles. The van der Waals surface area contributed by atoms with Crippen molar-refractivity contribution in [3.63, 3.8) is 0 Å². The van der Waals surface area contributed by atoms with E-state index in [1.165, 1.54) is 11.8 Å². The average molecular weight is 507 g/mol. The van der Waals surface area contributed by atoms with E-state index < -0.39 is 15.4 Å². The number of rotatable bonds is 7. The highest BCUT2D eigenvalue weighted by Crippen LogP contribution is 2.78. The van der Waals surface area contributed by atoms with Crippen LogP contribution >= 0.6 is 0 Å². The van der Waals surface area contributed by atoms with Crippen molar-refractivity contribution >= 4 is 43.9 Å². The highest BCUT2D eigenvalue weighted by Gasteiger charge is 2.93. The molecule has 1 unspecified atom stereocenters. The van der Waals surface area contributed by atoms with Gasteiger partial charge in [-0.1, -0.05) is 19.9 Å². The van der Waals surface area contributed by atoms with Crippen LogP contribution < -0.4 is 15.1 Å². The van der Waals surface area contributed by atoms with E-state index in [1.54, 1.807) is 6.20 Å². The van der Waals surface area contributed by atoms with Gasteiger partial charge in [0.2, 0.25) is 5.95 Å². The Hall–Kier alpha value is -2.98. The second-order valence-corrected chi connectivity index (χ2v) is 13.5. The van der Waals surface area contributed by atoms with Crippen LogP contribution in [0.1, 0.15) is 25.3 Å². The zero-order valence-electron chi connectivity index (χ0n) is 20.6. The number of piperidine rings is 1. The number of benzene rings is 1. The van der Waals surface area contributed by atoms with Gasteiger partial charge >= 0.3 is 0 Å². The van der Waals surface area contributed by atoms with Crippen molar-refractivity contribution in [3.8, 4) is 0 Å². The van der Waals surface area contributed by atoms with Gasteiger partial charge in [-0.05, 0) is 35.1 Å². The zero-order valence-corrected chi connectivity index (χ0v) is 21.4. The molecule has 2 aliphatic carbocycles. The number of pyridine rings is 1. The molecule has 36 heavy (non-hydrogen) atoms. The molecule has 2 saturated carbocycles. The lowest BCUT2D eigenvalue weighted by atomic mass is 9.93. The number of aliphatic hydroxyl groups is 1. The highest BCUT2D eigenvalue weighted by molar-refractivity contribution is 7.90. The van der Waals surface area contributed by atoms with Gasteiger partial charge in [-0.2, -0.15) is 4.98 Å². The topological polar surface area (TPSA) is 112 Å². The first kappa shape index (κ1) is 22.2. The number of aromatic nitrogens is 3. The summed E-state index contributed by atoms with van der Waals surface area (Å²) >= 11 is 0. The predicted octanol–water partition coefficient (Wildman–Crippen LogP) is 2.55. The summed E-state index contributed by atoms with van der Waals surface area (Å²) in [6, 6.07) is 8.40. The third-order valence-electron chi connectivity index (χ3n) is 8.41. The van der Waals surface area contributed by atoms with Crippen molar-refractivity contribution < 1.29 is 13.5 Å². The maximum Gasteiger partial charge on any atom is 0.227 e. The Morgan fingerprint density at radius 1 is 1.14 bits per heavy atom. The monoisotopic (exact) mass is 506 g/mol. The number of nitrogens with one attached hydrogen (secondary N) is 1. The molecule has 8 rings (SSSR count). The van der Waals surface area contributed by atoms with Gasteiger partial charge in [0.25, 0.3) is 0 Å². The fourth-order valence-electron chi connectivity index (χ4n) is 6.54. The van der Waals surface area contributed by atoms with E-state index in [2.05, 4.69) is 52.1 Å². The summed E-state index contributed by atoms with van der Waals surface area (Å²) in [5, 5.41) is 16.0. The molecule has 2 aromatic heterocycles. The molecule has 1 aromatic carbocycles. The normalized spacial score (nSPS) is 28.4. The summed E-state index contributed by atoms with van der Waals surface area (Å²) in [5.41, 5.74) is 1.86. The summed E-state index contributed by atoms with van der Waals surface area (Å²) in [7, 11) is -2.97. The summed E-state index contributed by atoms with van der Waals surface area (Å²) < 4.78 is 23.3. The summed E-state index contributed by atoms with van der Waals surface area (Å²) in [6.07, 6.45) is 4.95. The number of hydrogen-bond donors (Lipinski definition) is 2. The van der Waals surface area contributed by atoms with Gasteiger partial charge in [0, 0.05) is 67.1 Å². The van der Waals surface area contributed by atoms with Crippen LogP contribution in [-0.4, -0.2) is 71.8 Å². The number of nitrogens with zero attached hydrogens (tertiary/aromatic N) is 5. The summed E-state index contributed by atoms with van der Waals surface area (Å²) in [6.45, 7) is 6.66. The predicted molar refractivity (Wildman–Crippen MR) is 140 cm³/mol. The van der Waals surface area contributed by atoms with Crippen LogP contribution in [0.5, 0.6) is 0 Å². The summed E-state index contributed by atoms with van der Waals surface area (Å²) in [4.78, 5) is 18.2. The van der Waals surface area contributed by atoms with Crippen molar-refractivity contribution in [2.75, 3.05) is 46.8 Å². The van der Waals surface area contributed by atoms with E-state index in [4.69, 9.17) is 9.97 Å². The van der Waals surface area contributed by atoms with Gasteiger partial charge in [0.1, 0.15) is 21.5 Å². The van der Waals surface area contributed by atoms with Gasteiger partial charge in [-0.3, -0.25) is 0 Å². The van der Waals surface area contributed by atoms with Gasteiger partial charge in [0.05, 0.1) is 17.4 Å². The number of sulfone groups is 1. The minimum atomic E-state index is -2.97. The molecular weight excluding hydrogens is 476 g/mol. The molecule has 2 N–H and O–H groups in total. The van der Waals surface area contributed by atoms with Crippen LogP contribution in [0.15, 0.2) is 36.7 Å². The average Bonchev–Trinajstić information content (AvgIpc) is 3.42. The lowest BCUT2D eigenvalue weighted by Crippen LogP contribution is -2.49. The van der Waals surface area contributed by atoms with Crippen LogP contribution in [0.3, 0.4) is 0 Å². The second kappa shape index (κ2) is 7.29. The third kappa shape index (κ3) is 3.30. The Morgan fingerprint density at radius 3 is 2.58 bits per heavy atom. The number of fused-ring (bicyclic) bond motifs is 2. The molecule has 5 aliphatic rings. The summed E-state index contributed by atoms with van der Waals surface area (Å²) in [5.74, 6) is 3.58. The molecule has 5 fully saturated rings. The van der Waals surface area contributed by atoms with Crippen molar-refractivity contribution in [1.82, 2.24) is 15.0 Å². The SMILES string of the molecule is CC(C)c1ccc(N2CC(CS(C)(=O)=O)C2)c2cnc(Nc3ccnc(N4C[C@@H]5C6[C@@H]4[C@@]65O)n3)cc12. The van der Waals surface area contributed by atoms with E-state index in [0.29, 0.717) is 35.3 Å². The molecule has 0 radical (unpaired) electrons. The molecule has 0 amide bonds. The number of hydrogen-bond acceptors (Lipinski definition) is 9. The van der Waals surface area contributed by atoms with Crippen molar-refractivity contribution in [3.05, 3.63) is 42.2 Å². The van der Waals surface area contributed by atoms with E-state index in [9.17, 15) is 13.5 Å². The van der Waals surface area contributed by atoms with Crippen LogP contribution in [-0.2, 0) is 9.84 Å². The second-order valence-electron chi connectivity index (χ2n) is 11.3. The minimum absolute atomic E-state index is 0.171. The first-order valence-electron chi connectivity index (χ1n) is 12.6. The minimum Gasteiger partial charge on any atom is -0.387 e. The maximum absolute atomic E-state index is 11.7. The Morgan fingerprint density at radius 2 is 1.92 bits per heavy atom. The molecule has 188 valence electrons. The Bertz CT molecular complexity index is 1500. The molecular formula is C26H30N6O3S. The van der Waals surface area contributed by atoms with E-state index in [-0.39, 0.29) is 17.7 Å². The lowest BCUT2D eigenvalue weighted by molar-refractivity contribution is 0.192. The number of anilines is 4. The highest BCUT2D eigenvalue weighted by atomic mass is 32.2. The largest absolute Gasteiger partial charge is 0.387 e. The fraction of sp³-hybridized carbons (Fsp3) is 0.500. The Kier molecular flexibility index (Phi) is 4.50. The zero-order chi connectivity index (χ0) is 25.0. The van der Waals surface area contributed by atoms with Crippen LogP contribution in [0.4, 0.5) is 23.3 Å². The quantitative estimate of drug-likeness (QED) is 0.499. The Labute approximate surface area is 210 Å². The van der Waals surface area contributed by atoms with Crippen LogP contribution in [0.2, 0.25) is 0 Å². The van der Waals surface area contributed by atoms with Crippen molar-refractivity contribution in [1.29, 1.82) is 0 Å². The molecule has 10 heteroatoms. The molecule has 4 atom stereocenters. The molecule has 9 nitrogen and oxygen atoms in total. The molecule has 3 aromatic rings. The van der Waals surface area contributed by atoms with E-state index in [1.807, 2.05) is 12.3 Å². The standard InChI is InChI=1S/C26H30N6O3S/c1-14(2)16-4-5-20(31-10-15(11-31)13-36(3,34)35)18-9-28-22(8-17(16)18)29-21-6-7-27-25(30-21)32-12-19-23-24(32)26(19,23)33/h4-9,14-15,19,23-24,33H,10-13H2,1-3H3,(H,27,28,29,30)/t19-,23?,24-,26+/m1/s1. The molecule has 0 spiro atoms. The Balaban J connectivity index is 1.15. The smallest absolute Gasteiger partial charge is 0.227 e. The molecule has 3 aliphatic heterocycles. The van der Waals surface area contributed by atoms with Crippen LogP contribution in [0, 0.1) is 17.8 Å². The van der Waals surface area contributed by atoms with Gasteiger partial charge in [0.15, 0.2) is 0 Å².